The van der Waals surface area contributed by atoms with E-state index >= 15 is 0 Å². The van der Waals surface area contributed by atoms with Crippen LogP contribution in [0, 0.1) is 5.92 Å². The van der Waals surface area contributed by atoms with Gasteiger partial charge in [0.25, 0.3) is 5.89 Å². The number of nitrogens with zero attached hydrogens (tertiary/aromatic N) is 3. The Hall–Kier alpha value is -1.92. The number of methoxy groups -OCH3 is 1. The van der Waals surface area contributed by atoms with Gasteiger partial charge in [-0.3, -0.25) is 4.90 Å². The van der Waals surface area contributed by atoms with Crippen molar-refractivity contribution in [2.24, 2.45) is 5.92 Å². The van der Waals surface area contributed by atoms with Crippen LogP contribution in [-0.4, -0.2) is 28.2 Å². The zero-order chi connectivity index (χ0) is 17.1. The fourth-order valence-electron chi connectivity index (χ4n) is 3.04. The lowest BCUT2D eigenvalue weighted by Crippen LogP contribution is -2.32. The van der Waals surface area contributed by atoms with Crippen LogP contribution < -0.4 is 5.32 Å². The molecule has 2 heterocycles. The maximum atomic E-state index is 5.13. The molecule has 0 spiro atoms. The van der Waals surface area contributed by atoms with Crippen molar-refractivity contribution in [1.29, 1.82) is 0 Å². The van der Waals surface area contributed by atoms with Crippen molar-refractivity contribution in [3.05, 3.63) is 41.0 Å². The van der Waals surface area contributed by atoms with E-state index in [1.54, 1.807) is 7.11 Å². The third-order valence-electron chi connectivity index (χ3n) is 4.76. The van der Waals surface area contributed by atoms with E-state index in [4.69, 9.17) is 9.26 Å². The topological polar surface area (TPSA) is 63.4 Å². The number of anilines is 1. The lowest BCUT2D eigenvalue weighted by Gasteiger charge is -2.27. The van der Waals surface area contributed by atoms with Gasteiger partial charge in [-0.1, -0.05) is 31.1 Å². The molecule has 3 rings (SSSR count). The average Bonchev–Trinajstić information content (AvgIpc) is 3.19. The Balaban J connectivity index is 1.67. The molecule has 0 fully saturated rings. The van der Waals surface area contributed by atoms with E-state index in [9.17, 15) is 0 Å². The molecule has 1 unspecified atom stereocenters. The molecule has 6 heteroatoms. The summed E-state index contributed by atoms with van der Waals surface area (Å²) in [5, 5.41) is 7.42. The van der Waals surface area contributed by atoms with Crippen LogP contribution in [0.25, 0.3) is 0 Å². The smallest absolute Gasteiger partial charge is 0.252 e. The highest BCUT2D eigenvalue weighted by Gasteiger charge is 2.26. The first-order chi connectivity index (χ1) is 11.6. The van der Waals surface area contributed by atoms with Crippen LogP contribution in [0.2, 0.25) is 0 Å². The van der Waals surface area contributed by atoms with Crippen molar-refractivity contribution in [3.63, 3.8) is 0 Å². The highest BCUT2D eigenvalue weighted by Crippen LogP contribution is 2.32. The minimum Gasteiger partial charge on any atom is -0.377 e. The SMILES string of the molecule is COCc1nc(CNc2cccc3c2CN(C(C)C(C)C)C3)no1. The van der Waals surface area contributed by atoms with Gasteiger partial charge in [-0.15, -0.1) is 0 Å². The first-order valence-electron chi connectivity index (χ1n) is 8.47. The summed E-state index contributed by atoms with van der Waals surface area (Å²) in [5.41, 5.74) is 3.94. The van der Waals surface area contributed by atoms with Gasteiger partial charge in [0.05, 0.1) is 6.54 Å². The zero-order valence-electron chi connectivity index (χ0n) is 14.9. The molecule has 1 aromatic carbocycles. The number of rotatable bonds is 7. The van der Waals surface area contributed by atoms with Gasteiger partial charge in [-0.05, 0) is 30.0 Å². The van der Waals surface area contributed by atoms with Crippen LogP contribution in [0.15, 0.2) is 22.7 Å². The minimum atomic E-state index is 0.343. The molecule has 6 nitrogen and oxygen atoms in total. The Morgan fingerprint density at radius 3 is 2.88 bits per heavy atom. The van der Waals surface area contributed by atoms with E-state index in [2.05, 4.69) is 59.3 Å². The Morgan fingerprint density at radius 2 is 2.12 bits per heavy atom. The van der Waals surface area contributed by atoms with Crippen molar-refractivity contribution in [3.8, 4) is 0 Å². The molecule has 0 radical (unpaired) electrons. The predicted molar refractivity (Wildman–Crippen MR) is 92.3 cm³/mol. The number of ether oxygens (including phenoxy) is 1. The van der Waals surface area contributed by atoms with Crippen LogP contribution in [0.3, 0.4) is 0 Å². The number of hydrogen-bond acceptors (Lipinski definition) is 6. The lowest BCUT2D eigenvalue weighted by molar-refractivity contribution is 0.151. The Labute approximate surface area is 143 Å². The monoisotopic (exact) mass is 330 g/mol. The molecule has 1 N–H and O–H groups in total. The van der Waals surface area contributed by atoms with Crippen LogP contribution >= 0.6 is 0 Å². The van der Waals surface area contributed by atoms with Gasteiger partial charge in [0, 0.05) is 31.9 Å². The second-order valence-electron chi connectivity index (χ2n) is 6.72. The Bertz CT molecular complexity index is 683. The van der Waals surface area contributed by atoms with Crippen LogP contribution in [0.4, 0.5) is 5.69 Å². The third kappa shape index (κ3) is 3.60. The van der Waals surface area contributed by atoms with Gasteiger partial charge in [0.15, 0.2) is 5.82 Å². The van der Waals surface area contributed by atoms with Crippen LogP contribution in [0.5, 0.6) is 0 Å². The maximum absolute atomic E-state index is 5.13. The molecule has 1 aromatic heterocycles. The van der Waals surface area contributed by atoms with Gasteiger partial charge in [0.2, 0.25) is 0 Å². The summed E-state index contributed by atoms with van der Waals surface area (Å²) < 4.78 is 10.1. The van der Waals surface area contributed by atoms with E-state index in [-0.39, 0.29) is 0 Å². The second kappa shape index (κ2) is 7.32. The molecule has 0 amide bonds. The van der Waals surface area contributed by atoms with Crippen LogP contribution in [-0.2, 0) is 31.0 Å². The first kappa shape index (κ1) is 16.9. The standard InChI is InChI=1S/C18H26N4O2/c1-12(2)13(3)22-9-14-6-5-7-16(15(14)10-22)19-8-17-20-18(11-23-4)24-21-17/h5-7,12-13,19H,8-11H2,1-4H3. The number of hydrogen-bond donors (Lipinski definition) is 1. The summed E-state index contributed by atoms with van der Waals surface area (Å²) >= 11 is 0. The Morgan fingerprint density at radius 1 is 1.29 bits per heavy atom. The van der Waals surface area contributed by atoms with Gasteiger partial charge < -0.3 is 14.6 Å². The van der Waals surface area contributed by atoms with E-state index in [1.165, 1.54) is 11.1 Å². The predicted octanol–water partition coefficient (Wildman–Crippen LogP) is 3.19. The molecule has 0 bridgehead atoms. The molecule has 2 aromatic rings. The van der Waals surface area contributed by atoms with E-state index in [0.29, 0.717) is 36.8 Å². The molecular weight excluding hydrogens is 304 g/mol. The van der Waals surface area contributed by atoms with Crippen molar-refractivity contribution in [1.82, 2.24) is 15.0 Å². The summed E-state index contributed by atoms with van der Waals surface area (Å²) in [6.45, 7) is 9.75. The molecule has 24 heavy (non-hydrogen) atoms. The number of aromatic nitrogens is 2. The Kier molecular flexibility index (Phi) is 5.16. The van der Waals surface area contributed by atoms with Gasteiger partial charge in [0.1, 0.15) is 6.61 Å². The quantitative estimate of drug-likeness (QED) is 0.841. The highest BCUT2D eigenvalue weighted by molar-refractivity contribution is 5.56. The van der Waals surface area contributed by atoms with Crippen LogP contribution in [0.1, 0.15) is 43.6 Å². The largest absolute Gasteiger partial charge is 0.377 e. The van der Waals surface area contributed by atoms with Crippen molar-refractivity contribution in [2.75, 3.05) is 12.4 Å². The number of benzene rings is 1. The van der Waals surface area contributed by atoms with Crippen molar-refractivity contribution >= 4 is 5.69 Å². The summed E-state index contributed by atoms with van der Waals surface area (Å²) in [7, 11) is 1.61. The van der Waals surface area contributed by atoms with E-state index in [1.807, 2.05) is 0 Å². The maximum Gasteiger partial charge on any atom is 0.252 e. The summed E-state index contributed by atoms with van der Waals surface area (Å²) in [5.74, 6) is 1.80. The molecule has 0 saturated heterocycles. The molecule has 0 saturated carbocycles. The first-order valence-corrected chi connectivity index (χ1v) is 8.47. The fraction of sp³-hybridized carbons (Fsp3) is 0.556. The van der Waals surface area contributed by atoms with E-state index in [0.717, 1.165) is 18.8 Å². The number of fused-ring (bicyclic) bond motifs is 1. The normalized spacial score (nSPS) is 15.7. The number of nitrogens with one attached hydrogen (secondary N) is 1. The summed E-state index contributed by atoms with van der Waals surface area (Å²) in [6, 6.07) is 7.02. The average molecular weight is 330 g/mol. The molecule has 1 atom stereocenters. The second-order valence-corrected chi connectivity index (χ2v) is 6.72. The molecule has 130 valence electrons. The molecule has 0 aliphatic carbocycles. The zero-order valence-corrected chi connectivity index (χ0v) is 14.9. The van der Waals surface area contributed by atoms with Crippen molar-refractivity contribution in [2.45, 2.75) is 53.1 Å². The lowest BCUT2D eigenvalue weighted by atomic mass is 10.1. The van der Waals surface area contributed by atoms with E-state index < -0.39 is 0 Å². The molecular formula is C18H26N4O2. The van der Waals surface area contributed by atoms with Gasteiger partial charge in [-0.2, -0.15) is 4.98 Å². The van der Waals surface area contributed by atoms with Gasteiger partial charge in [-0.25, -0.2) is 0 Å². The molecule has 1 aliphatic rings. The highest BCUT2D eigenvalue weighted by atomic mass is 16.5. The third-order valence-corrected chi connectivity index (χ3v) is 4.76. The molecule has 1 aliphatic heterocycles. The summed E-state index contributed by atoms with van der Waals surface area (Å²) in [6.07, 6.45) is 0. The van der Waals surface area contributed by atoms with Crippen molar-refractivity contribution < 1.29 is 9.26 Å². The van der Waals surface area contributed by atoms with Gasteiger partial charge >= 0.3 is 0 Å². The summed E-state index contributed by atoms with van der Waals surface area (Å²) in [4.78, 5) is 6.83. The fourth-order valence-corrected chi connectivity index (χ4v) is 3.04. The minimum absolute atomic E-state index is 0.343.